The fourth-order valence-corrected chi connectivity index (χ4v) is 5.28. The van der Waals surface area contributed by atoms with Crippen molar-refractivity contribution in [1.82, 2.24) is 0 Å². The Morgan fingerprint density at radius 3 is 2.73 bits per heavy atom. The lowest BCUT2D eigenvalue weighted by Crippen LogP contribution is -2.14. The van der Waals surface area contributed by atoms with Gasteiger partial charge in [0.25, 0.3) is 0 Å². The number of hydrogen-bond donors (Lipinski definition) is 1. The minimum absolute atomic E-state index is 0.286. The monoisotopic (exact) mass is 342 g/mol. The maximum atomic E-state index is 10.4. The maximum absolute atomic E-state index is 10.4. The number of carboxylic acids is 1. The van der Waals surface area contributed by atoms with E-state index in [2.05, 4.69) is 54.8 Å². The summed E-state index contributed by atoms with van der Waals surface area (Å²) in [4.78, 5) is 10.4. The number of aliphatic carboxylic acids is 1. The van der Waals surface area contributed by atoms with Crippen molar-refractivity contribution in [2.24, 2.45) is 11.8 Å². The van der Waals surface area contributed by atoms with Gasteiger partial charge in [-0.25, -0.2) is 0 Å². The third-order valence-electron chi connectivity index (χ3n) is 3.87. The van der Waals surface area contributed by atoms with E-state index in [-0.39, 0.29) is 6.42 Å². The van der Waals surface area contributed by atoms with Gasteiger partial charge in [-0.05, 0) is 54.8 Å². The molecule has 0 bridgehead atoms. The van der Waals surface area contributed by atoms with Gasteiger partial charge in [-0.1, -0.05) is 37.6 Å². The molecular weight excluding hydrogens is 312 g/mol. The van der Waals surface area contributed by atoms with Crippen LogP contribution in [-0.2, 0) is 4.79 Å². The molecule has 0 radical (unpaired) electrons. The normalized spacial score (nSPS) is 22.0. The molecule has 2 nitrogen and oxygen atoms in total. The lowest BCUT2D eigenvalue weighted by molar-refractivity contribution is -0.137. The zero-order valence-corrected chi connectivity index (χ0v) is 15.3. The molecule has 126 valence electrons. The van der Waals surface area contributed by atoms with E-state index in [9.17, 15) is 4.79 Å². The van der Waals surface area contributed by atoms with Crippen LogP contribution in [0.2, 0.25) is 0 Å². The molecule has 4 heteroatoms. The number of carboxylic acid groups (broad SMARTS) is 1. The predicted octanol–water partition coefficient (Wildman–Crippen LogP) is 5.26. The van der Waals surface area contributed by atoms with Gasteiger partial charge in [-0.15, -0.1) is 0 Å². The Bertz CT molecular complexity index is 353. The second kappa shape index (κ2) is 13.1. The number of allylic oxidation sites excluding steroid dienone is 3. The molecule has 0 saturated carbocycles. The summed E-state index contributed by atoms with van der Waals surface area (Å²) in [5, 5.41) is 8.59. The molecule has 1 aliphatic heterocycles. The molecule has 2 atom stereocenters. The summed E-state index contributed by atoms with van der Waals surface area (Å²) in [5.41, 5.74) is 0. The van der Waals surface area contributed by atoms with Crippen LogP contribution in [0.25, 0.3) is 0 Å². The summed E-state index contributed by atoms with van der Waals surface area (Å²) in [6, 6.07) is 0. The highest BCUT2D eigenvalue weighted by atomic mass is 32.2. The molecular formula is C18H30O2S2. The van der Waals surface area contributed by atoms with Crippen LogP contribution in [0.1, 0.15) is 45.4 Å². The summed E-state index contributed by atoms with van der Waals surface area (Å²) in [6.07, 6.45) is 14.6. The van der Waals surface area contributed by atoms with Gasteiger partial charge in [0.15, 0.2) is 0 Å². The number of hydrogen-bond acceptors (Lipinski definition) is 3. The highest BCUT2D eigenvalue weighted by Crippen LogP contribution is 2.34. The van der Waals surface area contributed by atoms with Crippen LogP contribution in [-0.4, -0.2) is 34.1 Å². The first-order valence-corrected chi connectivity index (χ1v) is 10.7. The van der Waals surface area contributed by atoms with Crippen LogP contribution in [0, 0.1) is 11.8 Å². The van der Waals surface area contributed by atoms with Gasteiger partial charge in [0.05, 0.1) is 0 Å². The second-order valence-corrected chi connectivity index (χ2v) is 8.00. The molecule has 1 saturated heterocycles. The number of carbonyl (C=O) groups is 1. The highest BCUT2D eigenvalue weighted by Gasteiger charge is 2.26. The molecule has 1 aliphatic rings. The van der Waals surface area contributed by atoms with Crippen molar-refractivity contribution < 1.29 is 9.90 Å². The zero-order chi connectivity index (χ0) is 16.0. The summed E-state index contributed by atoms with van der Waals surface area (Å²) in [7, 11) is 0. The van der Waals surface area contributed by atoms with E-state index in [1.807, 2.05) is 0 Å². The van der Waals surface area contributed by atoms with E-state index < -0.39 is 5.97 Å². The van der Waals surface area contributed by atoms with Crippen molar-refractivity contribution in [1.29, 1.82) is 0 Å². The van der Waals surface area contributed by atoms with Crippen molar-refractivity contribution in [3.05, 3.63) is 24.3 Å². The van der Waals surface area contributed by atoms with E-state index in [1.165, 1.54) is 30.1 Å². The van der Waals surface area contributed by atoms with Crippen molar-refractivity contribution in [2.75, 3.05) is 23.0 Å². The molecule has 0 aromatic carbocycles. The Kier molecular flexibility index (Phi) is 11.7. The fourth-order valence-electron chi connectivity index (χ4n) is 2.49. The summed E-state index contributed by atoms with van der Waals surface area (Å²) in [6.45, 7) is 2.22. The van der Waals surface area contributed by atoms with Gasteiger partial charge in [0, 0.05) is 12.2 Å². The van der Waals surface area contributed by atoms with Gasteiger partial charge < -0.3 is 5.11 Å². The lowest BCUT2D eigenvalue weighted by atomic mass is 9.94. The molecule has 0 amide bonds. The first-order chi connectivity index (χ1) is 10.7. The van der Waals surface area contributed by atoms with E-state index in [1.54, 1.807) is 0 Å². The van der Waals surface area contributed by atoms with Crippen LogP contribution in [0.3, 0.4) is 0 Å². The van der Waals surface area contributed by atoms with Crippen LogP contribution < -0.4 is 0 Å². The van der Waals surface area contributed by atoms with Gasteiger partial charge >= 0.3 is 5.97 Å². The summed E-state index contributed by atoms with van der Waals surface area (Å²) in [5.74, 6) is 6.00. The Hall–Kier alpha value is -0.350. The molecule has 1 fully saturated rings. The van der Waals surface area contributed by atoms with Gasteiger partial charge in [-0.3, -0.25) is 4.79 Å². The smallest absolute Gasteiger partial charge is 0.303 e. The number of thioether (sulfide) groups is 2. The average molecular weight is 343 g/mol. The first-order valence-electron chi connectivity index (χ1n) is 8.41. The lowest BCUT2D eigenvalue weighted by Gasteiger charge is -2.16. The highest BCUT2D eigenvalue weighted by molar-refractivity contribution is 8.00. The van der Waals surface area contributed by atoms with Crippen LogP contribution in [0.4, 0.5) is 0 Å². The SMILES string of the molecule is CCCC=CCSC[C@@H]1CSC[C@@H]1C/C=C\CCCC(=O)O. The number of unbranched alkanes of at least 4 members (excludes halogenated alkanes) is 2. The minimum atomic E-state index is -0.689. The van der Waals surface area contributed by atoms with E-state index in [0.717, 1.165) is 36.9 Å². The van der Waals surface area contributed by atoms with E-state index in [4.69, 9.17) is 5.11 Å². The van der Waals surface area contributed by atoms with Gasteiger partial charge in [-0.2, -0.15) is 23.5 Å². The fraction of sp³-hybridized carbons (Fsp3) is 0.722. The Labute approximate surface area is 144 Å². The van der Waals surface area contributed by atoms with E-state index in [0.29, 0.717) is 0 Å². The minimum Gasteiger partial charge on any atom is -0.481 e. The standard InChI is InChI=1S/C18H30O2S2/c1-2-3-4-9-12-21-14-17-15-22-13-16(17)10-7-5-6-8-11-18(19)20/h4-5,7,9,16-17H,2-3,6,8,10-15H2,1H3,(H,19,20)/b7-5-,9-4?/t16-,17+/m0/s1. The topological polar surface area (TPSA) is 37.3 Å². The molecule has 0 aliphatic carbocycles. The first kappa shape index (κ1) is 19.7. The molecule has 0 aromatic heterocycles. The Balaban J connectivity index is 2.12. The van der Waals surface area contributed by atoms with E-state index >= 15 is 0 Å². The average Bonchev–Trinajstić information content (AvgIpc) is 2.93. The predicted molar refractivity (Wildman–Crippen MR) is 101 cm³/mol. The summed E-state index contributed by atoms with van der Waals surface area (Å²) < 4.78 is 0. The molecule has 22 heavy (non-hydrogen) atoms. The Morgan fingerprint density at radius 1 is 1.18 bits per heavy atom. The quantitative estimate of drug-likeness (QED) is 0.388. The largest absolute Gasteiger partial charge is 0.481 e. The second-order valence-electron chi connectivity index (χ2n) is 5.85. The van der Waals surface area contributed by atoms with Crippen molar-refractivity contribution in [3.63, 3.8) is 0 Å². The molecule has 1 N–H and O–H groups in total. The van der Waals surface area contributed by atoms with Crippen molar-refractivity contribution >= 4 is 29.5 Å². The Morgan fingerprint density at radius 2 is 1.95 bits per heavy atom. The van der Waals surface area contributed by atoms with Crippen LogP contribution >= 0.6 is 23.5 Å². The third-order valence-corrected chi connectivity index (χ3v) is 6.29. The maximum Gasteiger partial charge on any atom is 0.303 e. The van der Waals surface area contributed by atoms with Crippen molar-refractivity contribution in [2.45, 2.75) is 45.4 Å². The third kappa shape index (κ3) is 9.62. The van der Waals surface area contributed by atoms with Gasteiger partial charge in [0.1, 0.15) is 0 Å². The molecule has 0 spiro atoms. The molecule has 1 rings (SSSR count). The summed E-state index contributed by atoms with van der Waals surface area (Å²) >= 11 is 4.16. The van der Waals surface area contributed by atoms with Gasteiger partial charge in [0.2, 0.25) is 0 Å². The molecule has 1 heterocycles. The van der Waals surface area contributed by atoms with Crippen molar-refractivity contribution in [3.8, 4) is 0 Å². The van der Waals surface area contributed by atoms with Crippen LogP contribution in [0.5, 0.6) is 0 Å². The molecule has 0 unspecified atom stereocenters. The van der Waals surface area contributed by atoms with Crippen LogP contribution in [0.15, 0.2) is 24.3 Å². The number of rotatable bonds is 12. The zero-order valence-electron chi connectivity index (χ0n) is 13.7. The molecule has 0 aromatic rings.